The van der Waals surface area contributed by atoms with Gasteiger partial charge in [-0.2, -0.15) is 0 Å². The minimum absolute atomic E-state index is 0.0856. The van der Waals surface area contributed by atoms with Crippen LogP contribution < -0.4 is 0 Å². The molecule has 210 valence electrons. The molecule has 2 bridgehead atoms. The second kappa shape index (κ2) is 12.6. The zero-order valence-corrected chi connectivity index (χ0v) is 25.5. The smallest absolute Gasteiger partial charge is 0.183 e. The second-order valence-electron chi connectivity index (χ2n) is 12.8. The van der Waals surface area contributed by atoms with Crippen molar-refractivity contribution >= 4 is 17.3 Å². The number of aliphatic hydroxyl groups is 1. The lowest BCUT2D eigenvalue weighted by Gasteiger charge is -2.56. The van der Waals surface area contributed by atoms with Gasteiger partial charge in [0.25, 0.3) is 0 Å². The summed E-state index contributed by atoms with van der Waals surface area (Å²) in [4.78, 5) is 43.7. The Hall–Kier alpha value is -2.49. The number of allylic oxidation sites excluding steroid dienone is 10. The predicted molar refractivity (Wildman–Crippen MR) is 157 cm³/mol. The molecule has 1 fully saturated rings. The van der Waals surface area contributed by atoms with Gasteiger partial charge in [0.1, 0.15) is 5.76 Å². The number of Topliss-reactive ketones (excluding diaryl/α,β-unsaturated/α-hetero) is 3. The molecule has 2 aliphatic carbocycles. The van der Waals surface area contributed by atoms with Crippen molar-refractivity contribution in [3.63, 3.8) is 0 Å². The number of hydrogen-bond donors (Lipinski definition) is 1. The molecule has 0 heterocycles. The molecule has 4 atom stereocenters. The molecule has 0 saturated heterocycles. The number of carbonyl (C=O) groups is 3. The van der Waals surface area contributed by atoms with E-state index in [-0.39, 0.29) is 35.2 Å². The van der Waals surface area contributed by atoms with Gasteiger partial charge in [0.2, 0.25) is 0 Å². The van der Waals surface area contributed by atoms with E-state index in [0.29, 0.717) is 32.1 Å². The van der Waals surface area contributed by atoms with E-state index in [1.54, 1.807) is 13.8 Å². The molecule has 0 spiro atoms. The molecule has 4 heteroatoms. The maximum atomic E-state index is 14.8. The summed E-state index contributed by atoms with van der Waals surface area (Å²) in [5.41, 5.74) is 1.59. The van der Waals surface area contributed by atoms with Crippen molar-refractivity contribution in [3.05, 3.63) is 57.9 Å². The fourth-order valence-corrected chi connectivity index (χ4v) is 6.34. The molecule has 0 amide bonds. The van der Waals surface area contributed by atoms with Crippen LogP contribution in [0.25, 0.3) is 0 Å². The molecule has 1 N–H and O–H groups in total. The van der Waals surface area contributed by atoms with Crippen LogP contribution in [0.5, 0.6) is 0 Å². The van der Waals surface area contributed by atoms with Crippen LogP contribution in [0.15, 0.2) is 57.9 Å². The van der Waals surface area contributed by atoms with Crippen molar-refractivity contribution in [2.24, 2.45) is 28.6 Å². The van der Waals surface area contributed by atoms with Gasteiger partial charge in [0.05, 0.1) is 5.41 Å². The summed E-state index contributed by atoms with van der Waals surface area (Å²) in [6.45, 7) is 19.6. The van der Waals surface area contributed by atoms with Crippen molar-refractivity contribution in [2.75, 3.05) is 0 Å². The average Bonchev–Trinajstić information content (AvgIpc) is 2.81. The number of rotatable bonds is 11. The minimum Gasteiger partial charge on any atom is -0.511 e. The van der Waals surface area contributed by atoms with Gasteiger partial charge in [0.15, 0.2) is 22.8 Å². The molecule has 2 rings (SSSR count). The van der Waals surface area contributed by atoms with E-state index in [1.807, 2.05) is 67.5 Å². The average molecular weight is 523 g/mol. The highest BCUT2D eigenvalue weighted by Gasteiger charge is 2.71. The molecular weight excluding hydrogens is 472 g/mol. The zero-order valence-electron chi connectivity index (χ0n) is 25.5. The van der Waals surface area contributed by atoms with E-state index in [2.05, 4.69) is 12.2 Å². The van der Waals surface area contributed by atoms with Crippen molar-refractivity contribution in [1.82, 2.24) is 0 Å². The third kappa shape index (κ3) is 6.05. The SMILES string of the molecule is CC(C)=CCC[C@@H]1[C@@H](CC=C(C)C)C[C@@]2(CC=C(C)C)C(=O)[C@]1(C(=O)C(C)C)C(=O)C(CC=C(C)C)=C2O. The van der Waals surface area contributed by atoms with Gasteiger partial charge < -0.3 is 5.11 Å². The zero-order chi connectivity index (χ0) is 29.0. The summed E-state index contributed by atoms with van der Waals surface area (Å²) in [6, 6.07) is 0. The molecular formula is C34H50O4. The minimum atomic E-state index is -1.77. The Morgan fingerprint density at radius 3 is 1.95 bits per heavy atom. The third-order valence-electron chi connectivity index (χ3n) is 8.25. The Morgan fingerprint density at radius 2 is 1.45 bits per heavy atom. The fourth-order valence-electron chi connectivity index (χ4n) is 6.34. The van der Waals surface area contributed by atoms with Crippen molar-refractivity contribution in [3.8, 4) is 0 Å². The molecule has 1 saturated carbocycles. The lowest BCUT2D eigenvalue weighted by molar-refractivity contribution is -0.169. The van der Waals surface area contributed by atoms with Crippen LogP contribution in [0.2, 0.25) is 0 Å². The molecule has 0 aromatic heterocycles. The van der Waals surface area contributed by atoms with Crippen molar-refractivity contribution in [1.29, 1.82) is 0 Å². The van der Waals surface area contributed by atoms with Crippen molar-refractivity contribution in [2.45, 2.75) is 108 Å². The van der Waals surface area contributed by atoms with E-state index in [9.17, 15) is 19.5 Å². The standard InChI is InChI=1S/C34H50O4/c1-21(2)12-11-13-28-26(16-14-22(3)4)20-33(19-18-24(7)8)30(36)27(17-15-23(5)6)31(37)34(28,32(33)38)29(35)25(9)10/h12,14-15,18,25-26,28,36H,11,13,16-17,19-20H2,1-10H3/t26-,28+,33+,34+/m0/s1. The molecule has 0 aromatic rings. The van der Waals surface area contributed by atoms with Crippen LogP contribution in [-0.4, -0.2) is 22.5 Å². The molecule has 38 heavy (non-hydrogen) atoms. The van der Waals surface area contributed by atoms with Crippen LogP contribution in [0, 0.1) is 28.6 Å². The summed E-state index contributed by atoms with van der Waals surface area (Å²) in [5.74, 6) is -2.23. The van der Waals surface area contributed by atoms with Crippen LogP contribution in [0.4, 0.5) is 0 Å². The Balaban J connectivity index is 2.99. The first-order valence-corrected chi connectivity index (χ1v) is 14.2. The van der Waals surface area contributed by atoms with E-state index < -0.39 is 28.4 Å². The first kappa shape index (κ1) is 31.7. The lowest BCUT2D eigenvalue weighted by atomic mass is 9.43. The molecule has 0 aliphatic heterocycles. The highest BCUT2D eigenvalue weighted by Crippen LogP contribution is 2.62. The number of aliphatic hydroxyl groups excluding tert-OH is 1. The highest BCUT2D eigenvalue weighted by atomic mass is 16.3. The second-order valence-corrected chi connectivity index (χ2v) is 12.8. The first-order valence-electron chi connectivity index (χ1n) is 14.2. The van der Waals surface area contributed by atoms with E-state index in [1.165, 1.54) is 5.57 Å². The van der Waals surface area contributed by atoms with Crippen LogP contribution >= 0.6 is 0 Å². The molecule has 2 aliphatic rings. The summed E-state index contributed by atoms with van der Waals surface area (Å²) >= 11 is 0. The van der Waals surface area contributed by atoms with E-state index >= 15 is 0 Å². The van der Waals surface area contributed by atoms with Gasteiger partial charge >= 0.3 is 0 Å². The van der Waals surface area contributed by atoms with Gasteiger partial charge in [-0.25, -0.2) is 0 Å². The lowest BCUT2D eigenvalue weighted by Crippen LogP contribution is -2.67. The number of carbonyl (C=O) groups excluding carboxylic acids is 3. The van der Waals surface area contributed by atoms with Crippen molar-refractivity contribution < 1.29 is 19.5 Å². The quantitative estimate of drug-likeness (QED) is 0.218. The van der Waals surface area contributed by atoms with Gasteiger partial charge in [-0.05, 0) is 106 Å². The first-order chi connectivity index (χ1) is 17.6. The number of ketones is 3. The maximum Gasteiger partial charge on any atom is 0.183 e. The maximum absolute atomic E-state index is 14.8. The van der Waals surface area contributed by atoms with Crippen LogP contribution in [-0.2, 0) is 14.4 Å². The molecule has 0 unspecified atom stereocenters. The Labute approximate surface area is 231 Å². The van der Waals surface area contributed by atoms with E-state index in [0.717, 1.165) is 16.7 Å². The van der Waals surface area contributed by atoms with Crippen LogP contribution in [0.3, 0.4) is 0 Å². The van der Waals surface area contributed by atoms with Gasteiger partial charge in [-0.15, -0.1) is 0 Å². The number of fused-ring (bicyclic) bond motifs is 2. The number of hydrogen-bond acceptors (Lipinski definition) is 4. The largest absolute Gasteiger partial charge is 0.511 e. The highest BCUT2D eigenvalue weighted by molar-refractivity contribution is 6.33. The monoisotopic (exact) mass is 522 g/mol. The topological polar surface area (TPSA) is 71.4 Å². The third-order valence-corrected chi connectivity index (χ3v) is 8.25. The molecule has 0 radical (unpaired) electrons. The van der Waals surface area contributed by atoms with Gasteiger partial charge in [-0.3, -0.25) is 14.4 Å². The molecule has 4 nitrogen and oxygen atoms in total. The summed E-state index contributed by atoms with van der Waals surface area (Å²) < 4.78 is 0. The summed E-state index contributed by atoms with van der Waals surface area (Å²) in [7, 11) is 0. The Kier molecular flexibility index (Phi) is 10.5. The van der Waals surface area contributed by atoms with Gasteiger partial charge in [-0.1, -0.05) is 60.4 Å². The molecule has 0 aromatic carbocycles. The summed E-state index contributed by atoms with van der Waals surface area (Å²) in [6.07, 6.45) is 11.1. The normalized spacial score (nSPS) is 26.7. The summed E-state index contributed by atoms with van der Waals surface area (Å²) in [5, 5.41) is 11.8. The Bertz CT molecular complexity index is 1090. The fraction of sp³-hybridized carbons (Fsp3) is 0.618. The van der Waals surface area contributed by atoms with Gasteiger partial charge in [0, 0.05) is 11.5 Å². The van der Waals surface area contributed by atoms with E-state index in [4.69, 9.17) is 0 Å². The Morgan fingerprint density at radius 1 is 0.895 bits per heavy atom. The van der Waals surface area contributed by atoms with Crippen LogP contribution in [0.1, 0.15) is 108 Å². The predicted octanol–water partition coefficient (Wildman–Crippen LogP) is 8.60.